The van der Waals surface area contributed by atoms with Crippen molar-refractivity contribution in [3.63, 3.8) is 0 Å². The molecule has 0 radical (unpaired) electrons. The molecule has 2 aromatic rings. The number of sulfonamides is 1. The molecule has 0 saturated heterocycles. The van der Waals surface area contributed by atoms with E-state index in [0.717, 1.165) is 0 Å². The molecule has 1 aliphatic rings. The second-order valence-electron chi connectivity index (χ2n) is 5.91. The number of benzene rings is 2. The maximum absolute atomic E-state index is 12.8. The van der Waals surface area contributed by atoms with Gasteiger partial charge in [0.15, 0.2) is 6.10 Å². The van der Waals surface area contributed by atoms with Gasteiger partial charge < -0.3 is 15.8 Å². The number of primary amides is 1. The Morgan fingerprint density at radius 2 is 2.00 bits per heavy atom. The smallest absolute Gasteiger partial charge is 0.265 e. The van der Waals surface area contributed by atoms with E-state index >= 15 is 0 Å². The van der Waals surface area contributed by atoms with Crippen molar-refractivity contribution in [2.45, 2.75) is 24.8 Å². The summed E-state index contributed by atoms with van der Waals surface area (Å²) >= 11 is 0. The van der Waals surface area contributed by atoms with Crippen molar-refractivity contribution >= 4 is 33.2 Å². The molecule has 1 unspecified atom stereocenters. The summed E-state index contributed by atoms with van der Waals surface area (Å²) in [4.78, 5) is 22.9. The number of carbonyl (C=O) groups is 2. The number of rotatable bonds is 4. The second kappa shape index (κ2) is 6.34. The van der Waals surface area contributed by atoms with Crippen LogP contribution in [0.15, 0.2) is 41.3 Å². The Kier molecular flexibility index (Phi) is 4.33. The topological polar surface area (TPSA) is 128 Å². The number of hydrogen-bond donors (Lipinski definition) is 3. The summed E-state index contributed by atoms with van der Waals surface area (Å²) in [5.41, 5.74) is 6.46. The molecule has 1 heterocycles. The van der Waals surface area contributed by atoms with Crippen LogP contribution in [0.25, 0.3) is 0 Å². The van der Waals surface area contributed by atoms with Crippen LogP contribution < -0.4 is 20.5 Å². The van der Waals surface area contributed by atoms with Crippen molar-refractivity contribution in [1.82, 2.24) is 0 Å². The van der Waals surface area contributed by atoms with Gasteiger partial charge in [-0.2, -0.15) is 0 Å². The molecule has 2 aromatic carbocycles. The Morgan fingerprint density at radius 3 is 2.69 bits per heavy atom. The summed E-state index contributed by atoms with van der Waals surface area (Å²) in [5.74, 6) is -0.683. The normalized spacial score (nSPS) is 16.2. The van der Waals surface area contributed by atoms with Gasteiger partial charge in [0.05, 0.1) is 10.6 Å². The first kappa shape index (κ1) is 17.7. The van der Waals surface area contributed by atoms with Crippen molar-refractivity contribution < 1.29 is 22.7 Å². The summed E-state index contributed by atoms with van der Waals surface area (Å²) in [6.07, 6.45) is -0.721. The average molecular weight is 375 g/mol. The van der Waals surface area contributed by atoms with Gasteiger partial charge in [-0.3, -0.25) is 14.3 Å². The lowest BCUT2D eigenvalue weighted by Crippen LogP contribution is -2.34. The molecule has 9 heteroatoms. The van der Waals surface area contributed by atoms with Crippen LogP contribution >= 0.6 is 0 Å². The van der Waals surface area contributed by atoms with Gasteiger partial charge in [0.2, 0.25) is 5.91 Å². The maximum Gasteiger partial charge on any atom is 0.265 e. The van der Waals surface area contributed by atoms with Crippen LogP contribution in [0, 0.1) is 6.92 Å². The Balaban J connectivity index is 1.97. The fraction of sp³-hybridized carbons (Fsp3) is 0.176. The zero-order chi connectivity index (χ0) is 19.1. The number of hydrogen-bond acceptors (Lipinski definition) is 5. The molecule has 3 rings (SSSR count). The van der Waals surface area contributed by atoms with Crippen LogP contribution in [-0.4, -0.2) is 26.3 Å². The van der Waals surface area contributed by atoms with Crippen LogP contribution in [0.4, 0.5) is 11.4 Å². The number of aryl methyl sites for hydroxylation is 1. The van der Waals surface area contributed by atoms with Crippen LogP contribution in [-0.2, 0) is 14.8 Å². The average Bonchev–Trinajstić information content (AvgIpc) is 2.55. The molecule has 1 aliphatic heterocycles. The number of carbonyl (C=O) groups excluding carboxylic acids is 2. The molecule has 1 atom stereocenters. The van der Waals surface area contributed by atoms with Gasteiger partial charge in [0.1, 0.15) is 5.75 Å². The van der Waals surface area contributed by atoms with Crippen LogP contribution in [0.2, 0.25) is 0 Å². The molecule has 2 amide bonds. The highest BCUT2D eigenvalue weighted by molar-refractivity contribution is 7.92. The molecular formula is C17H17N3O5S. The van der Waals surface area contributed by atoms with E-state index < -0.39 is 22.0 Å². The largest absolute Gasteiger partial charge is 0.479 e. The molecule has 0 saturated carbocycles. The van der Waals surface area contributed by atoms with E-state index in [9.17, 15) is 18.0 Å². The van der Waals surface area contributed by atoms with Crippen molar-refractivity contribution in [3.8, 4) is 5.75 Å². The monoisotopic (exact) mass is 375 g/mol. The van der Waals surface area contributed by atoms with Gasteiger partial charge in [-0.25, -0.2) is 8.42 Å². The molecule has 0 aliphatic carbocycles. The van der Waals surface area contributed by atoms with E-state index in [1.807, 2.05) is 0 Å². The number of nitrogens with two attached hydrogens (primary N) is 1. The summed E-state index contributed by atoms with van der Waals surface area (Å²) < 4.78 is 33.4. The first-order chi connectivity index (χ1) is 12.2. The third-order valence-corrected chi connectivity index (χ3v) is 5.42. The van der Waals surface area contributed by atoms with E-state index in [2.05, 4.69) is 10.0 Å². The first-order valence-corrected chi connectivity index (χ1v) is 9.20. The number of amides is 2. The fourth-order valence-electron chi connectivity index (χ4n) is 2.58. The van der Waals surface area contributed by atoms with E-state index in [4.69, 9.17) is 10.5 Å². The summed E-state index contributed by atoms with van der Waals surface area (Å²) in [6, 6.07) is 8.78. The van der Waals surface area contributed by atoms with Crippen LogP contribution in [0.3, 0.4) is 0 Å². The maximum atomic E-state index is 12.8. The molecule has 4 N–H and O–H groups in total. The highest BCUT2D eigenvalue weighted by Crippen LogP contribution is 2.34. The highest BCUT2D eigenvalue weighted by Gasteiger charge is 2.27. The minimum atomic E-state index is -3.95. The van der Waals surface area contributed by atoms with Crippen molar-refractivity contribution in [2.75, 3.05) is 10.0 Å². The van der Waals surface area contributed by atoms with Gasteiger partial charge in [-0.1, -0.05) is 6.07 Å². The number of fused-ring (bicyclic) bond motifs is 1. The lowest BCUT2D eigenvalue weighted by molar-refractivity contribution is -0.122. The summed E-state index contributed by atoms with van der Waals surface area (Å²) in [7, 11) is -3.95. The predicted octanol–water partition coefficient (Wildman–Crippen LogP) is 1.61. The SMILES string of the molecule is Cc1cc2c(cc1S(=O)(=O)Nc1cccc(C(N)=O)c1)OC(C)C(=O)N2. The van der Waals surface area contributed by atoms with Gasteiger partial charge >= 0.3 is 0 Å². The van der Waals surface area contributed by atoms with Crippen molar-refractivity contribution in [1.29, 1.82) is 0 Å². The van der Waals surface area contributed by atoms with Gasteiger partial charge in [-0.05, 0) is 43.7 Å². The molecule has 0 spiro atoms. The Bertz CT molecular complexity index is 1020. The minimum Gasteiger partial charge on any atom is -0.479 e. The lowest BCUT2D eigenvalue weighted by atomic mass is 10.1. The second-order valence-corrected chi connectivity index (χ2v) is 7.56. The summed E-state index contributed by atoms with van der Waals surface area (Å²) in [6.45, 7) is 3.18. The molecule has 8 nitrogen and oxygen atoms in total. The molecule has 0 aromatic heterocycles. The summed E-state index contributed by atoms with van der Waals surface area (Å²) in [5, 5.41) is 2.67. The third kappa shape index (κ3) is 3.33. The molecule has 0 fully saturated rings. The van der Waals surface area contributed by atoms with E-state index in [1.165, 1.54) is 36.4 Å². The minimum absolute atomic E-state index is 0.00378. The van der Waals surface area contributed by atoms with E-state index in [1.54, 1.807) is 13.8 Å². The third-order valence-electron chi connectivity index (χ3n) is 3.90. The van der Waals surface area contributed by atoms with Crippen LogP contribution in [0.5, 0.6) is 5.75 Å². The first-order valence-electron chi connectivity index (χ1n) is 7.72. The predicted molar refractivity (Wildman–Crippen MR) is 95.7 cm³/mol. The fourth-order valence-corrected chi connectivity index (χ4v) is 3.87. The standard InChI is InChI=1S/C17H17N3O5S/c1-9-6-13-14(25-10(2)17(22)19-13)8-15(9)26(23,24)20-12-5-3-4-11(7-12)16(18)21/h3-8,10,20H,1-2H3,(H2,18,21)(H,19,22). The van der Waals surface area contributed by atoms with E-state index in [0.29, 0.717) is 11.3 Å². The molecule has 26 heavy (non-hydrogen) atoms. The Morgan fingerprint density at radius 1 is 1.27 bits per heavy atom. The van der Waals surface area contributed by atoms with Crippen LogP contribution in [0.1, 0.15) is 22.8 Å². The zero-order valence-corrected chi connectivity index (χ0v) is 14.9. The number of ether oxygens (including phenoxy) is 1. The van der Waals surface area contributed by atoms with Gasteiger partial charge in [0.25, 0.3) is 15.9 Å². The Hall–Kier alpha value is -3.07. The zero-order valence-electron chi connectivity index (χ0n) is 14.1. The highest BCUT2D eigenvalue weighted by atomic mass is 32.2. The molecule has 136 valence electrons. The Labute approximate surface area is 150 Å². The number of nitrogens with one attached hydrogen (secondary N) is 2. The lowest BCUT2D eigenvalue weighted by Gasteiger charge is -2.24. The van der Waals surface area contributed by atoms with E-state index in [-0.39, 0.29) is 27.8 Å². The molecule has 0 bridgehead atoms. The quantitative estimate of drug-likeness (QED) is 0.748. The van der Waals surface area contributed by atoms with Gasteiger partial charge in [-0.15, -0.1) is 0 Å². The van der Waals surface area contributed by atoms with Gasteiger partial charge in [0, 0.05) is 17.3 Å². The number of anilines is 2. The molecular weight excluding hydrogens is 358 g/mol. The van der Waals surface area contributed by atoms with Crippen molar-refractivity contribution in [2.24, 2.45) is 5.73 Å². The van der Waals surface area contributed by atoms with Crippen molar-refractivity contribution in [3.05, 3.63) is 47.5 Å².